The molecule has 1 aromatic carbocycles. The SMILES string of the molecule is CCOC(=O)c1c(-c2ccoc2)c(C)n2c1-c1cc(CC)c(OC)cc1CC2. The van der Waals surface area contributed by atoms with Crippen LogP contribution in [0.4, 0.5) is 0 Å². The van der Waals surface area contributed by atoms with Crippen LogP contribution in [0.5, 0.6) is 5.75 Å². The smallest absolute Gasteiger partial charge is 0.340 e. The van der Waals surface area contributed by atoms with Crippen LogP contribution in [0, 0.1) is 6.92 Å². The van der Waals surface area contributed by atoms with Gasteiger partial charge >= 0.3 is 5.97 Å². The molecule has 2 aromatic heterocycles. The van der Waals surface area contributed by atoms with Crippen LogP contribution in [0.1, 0.15) is 41.0 Å². The molecule has 0 spiro atoms. The fourth-order valence-corrected chi connectivity index (χ4v) is 4.25. The molecule has 0 aliphatic carbocycles. The maximum absolute atomic E-state index is 13.0. The molecule has 0 unspecified atom stereocenters. The van der Waals surface area contributed by atoms with E-state index in [1.54, 1.807) is 19.6 Å². The Morgan fingerprint density at radius 3 is 2.75 bits per heavy atom. The summed E-state index contributed by atoms with van der Waals surface area (Å²) in [4.78, 5) is 13.0. The molecule has 1 aliphatic heterocycles. The Hall–Kier alpha value is -2.95. The largest absolute Gasteiger partial charge is 0.496 e. The van der Waals surface area contributed by atoms with Gasteiger partial charge in [0.25, 0.3) is 0 Å². The summed E-state index contributed by atoms with van der Waals surface area (Å²) in [5, 5.41) is 0. The highest BCUT2D eigenvalue weighted by Gasteiger charge is 2.32. The lowest BCUT2D eigenvalue weighted by molar-refractivity contribution is 0.0528. The Morgan fingerprint density at radius 1 is 1.29 bits per heavy atom. The summed E-state index contributed by atoms with van der Waals surface area (Å²) in [5.41, 5.74) is 7.82. The van der Waals surface area contributed by atoms with Crippen LogP contribution >= 0.6 is 0 Å². The van der Waals surface area contributed by atoms with Crippen molar-refractivity contribution in [2.75, 3.05) is 13.7 Å². The van der Waals surface area contributed by atoms with Gasteiger partial charge in [-0.05, 0) is 56.0 Å². The highest BCUT2D eigenvalue weighted by atomic mass is 16.5. The molecule has 0 amide bonds. The van der Waals surface area contributed by atoms with Gasteiger partial charge in [0, 0.05) is 28.9 Å². The van der Waals surface area contributed by atoms with E-state index in [0.717, 1.165) is 58.8 Å². The topological polar surface area (TPSA) is 53.6 Å². The van der Waals surface area contributed by atoms with Gasteiger partial charge in [0.1, 0.15) is 5.75 Å². The molecule has 146 valence electrons. The maximum Gasteiger partial charge on any atom is 0.340 e. The number of nitrogens with zero attached hydrogens (tertiary/aromatic N) is 1. The lowest BCUT2D eigenvalue weighted by Gasteiger charge is -2.23. The van der Waals surface area contributed by atoms with Crippen LogP contribution in [0.2, 0.25) is 0 Å². The molecule has 0 saturated heterocycles. The van der Waals surface area contributed by atoms with E-state index >= 15 is 0 Å². The standard InChI is InChI=1S/C23H25NO4/c1-5-15-11-18-16(12-19(15)26-4)7-9-24-14(3)20(17-8-10-27-13-17)21(22(18)24)23(25)28-6-2/h8,10-13H,5-7,9H2,1-4H3. The average Bonchev–Trinajstić information content (AvgIpc) is 3.33. The second kappa shape index (κ2) is 7.23. The second-order valence-corrected chi connectivity index (χ2v) is 6.99. The molecular weight excluding hydrogens is 354 g/mol. The molecular formula is C23H25NO4. The van der Waals surface area contributed by atoms with E-state index in [9.17, 15) is 4.79 Å². The number of carbonyl (C=O) groups is 1. The number of carbonyl (C=O) groups excluding carboxylic acids is 1. The maximum atomic E-state index is 13.0. The Bertz CT molecular complexity index is 1030. The van der Waals surface area contributed by atoms with Crippen molar-refractivity contribution in [2.24, 2.45) is 0 Å². The normalized spacial score (nSPS) is 12.4. The molecule has 5 heteroatoms. The minimum atomic E-state index is -0.294. The Morgan fingerprint density at radius 2 is 2.11 bits per heavy atom. The second-order valence-electron chi connectivity index (χ2n) is 6.99. The Labute approximate surface area is 164 Å². The number of fused-ring (bicyclic) bond motifs is 3. The van der Waals surface area contributed by atoms with Crippen LogP contribution in [0.15, 0.2) is 35.1 Å². The van der Waals surface area contributed by atoms with Gasteiger partial charge in [0.05, 0.1) is 37.5 Å². The minimum Gasteiger partial charge on any atom is -0.496 e. The van der Waals surface area contributed by atoms with E-state index in [-0.39, 0.29) is 5.97 Å². The molecule has 3 aromatic rings. The van der Waals surface area contributed by atoms with Crippen molar-refractivity contribution in [3.05, 3.63) is 53.1 Å². The van der Waals surface area contributed by atoms with Crippen molar-refractivity contribution in [3.63, 3.8) is 0 Å². The zero-order valence-electron chi connectivity index (χ0n) is 16.8. The molecule has 1 aliphatic rings. The van der Waals surface area contributed by atoms with Gasteiger partial charge < -0.3 is 18.5 Å². The lowest BCUT2D eigenvalue weighted by Crippen LogP contribution is -2.15. The fraction of sp³-hybridized carbons (Fsp3) is 0.348. The number of furan rings is 1. The van der Waals surface area contributed by atoms with Gasteiger partial charge in [0.15, 0.2) is 0 Å². The first-order valence-corrected chi connectivity index (χ1v) is 9.73. The van der Waals surface area contributed by atoms with E-state index in [0.29, 0.717) is 12.2 Å². The molecule has 0 fully saturated rings. The van der Waals surface area contributed by atoms with Crippen LogP contribution in [-0.4, -0.2) is 24.3 Å². The Balaban J connectivity index is 2.03. The van der Waals surface area contributed by atoms with Crippen LogP contribution in [0.3, 0.4) is 0 Å². The van der Waals surface area contributed by atoms with E-state index in [2.05, 4.69) is 30.5 Å². The van der Waals surface area contributed by atoms with Crippen LogP contribution in [0.25, 0.3) is 22.4 Å². The molecule has 0 bridgehead atoms. The summed E-state index contributed by atoms with van der Waals surface area (Å²) in [7, 11) is 1.71. The molecule has 28 heavy (non-hydrogen) atoms. The summed E-state index contributed by atoms with van der Waals surface area (Å²) >= 11 is 0. The highest BCUT2D eigenvalue weighted by Crippen LogP contribution is 2.44. The monoisotopic (exact) mass is 379 g/mol. The summed E-state index contributed by atoms with van der Waals surface area (Å²) in [6.45, 7) is 7.15. The molecule has 0 atom stereocenters. The highest BCUT2D eigenvalue weighted by molar-refractivity contribution is 6.05. The molecule has 3 heterocycles. The first-order chi connectivity index (χ1) is 13.6. The third-order valence-electron chi connectivity index (χ3n) is 5.56. The predicted molar refractivity (Wildman–Crippen MR) is 108 cm³/mol. The van der Waals surface area contributed by atoms with Crippen molar-refractivity contribution < 1.29 is 18.7 Å². The number of esters is 1. The van der Waals surface area contributed by atoms with Crippen molar-refractivity contribution >= 4 is 5.97 Å². The zero-order valence-corrected chi connectivity index (χ0v) is 16.8. The van der Waals surface area contributed by atoms with E-state index in [1.165, 1.54) is 5.56 Å². The number of rotatable bonds is 5. The number of aryl methyl sites for hydroxylation is 2. The fourth-order valence-electron chi connectivity index (χ4n) is 4.25. The summed E-state index contributed by atoms with van der Waals surface area (Å²) in [6.07, 6.45) is 5.07. The number of hydrogen-bond donors (Lipinski definition) is 0. The first-order valence-electron chi connectivity index (χ1n) is 9.73. The van der Waals surface area contributed by atoms with Crippen LogP contribution < -0.4 is 4.74 Å². The number of methoxy groups -OCH3 is 1. The number of aromatic nitrogens is 1. The quantitative estimate of drug-likeness (QED) is 0.584. The van der Waals surface area contributed by atoms with E-state index in [1.807, 2.05) is 13.0 Å². The number of benzene rings is 1. The van der Waals surface area contributed by atoms with Gasteiger partial charge in [-0.2, -0.15) is 0 Å². The third-order valence-corrected chi connectivity index (χ3v) is 5.56. The van der Waals surface area contributed by atoms with Crippen LogP contribution in [-0.2, 0) is 24.1 Å². The predicted octanol–water partition coefficient (Wildman–Crippen LogP) is 5.03. The van der Waals surface area contributed by atoms with Crippen molar-refractivity contribution in [1.29, 1.82) is 0 Å². The van der Waals surface area contributed by atoms with E-state index in [4.69, 9.17) is 13.9 Å². The summed E-state index contributed by atoms with van der Waals surface area (Å²) in [5.74, 6) is 0.614. The Kier molecular flexibility index (Phi) is 4.75. The molecule has 0 saturated carbocycles. The number of hydrogen-bond acceptors (Lipinski definition) is 4. The van der Waals surface area contributed by atoms with Gasteiger partial charge in [-0.3, -0.25) is 0 Å². The third kappa shape index (κ3) is 2.73. The number of ether oxygens (including phenoxy) is 2. The van der Waals surface area contributed by atoms with Gasteiger partial charge in [0.2, 0.25) is 0 Å². The molecule has 5 nitrogen and oxygen atoms in total. The van der Waals surface area contributed by atoms with Crippen molar-refractivity contribution in [2.45, 2.75) is 40.2 Å². The molecule has 0 radical (unpaired) electrons. The zero-order chi connectivity index (χ0) is 19.8. The van der Waals surface area contributed by atoms with Crippen molar-refractivity contribution in [3.8, 4) is 28.1 Å². The minimum absolute atomic E-state index is 0.294. The summed E-state index contributed by atoms with van der Waals surface area (Å²) < 4.78 is 18.6. The van der Waals surface area contributed by atoms with Gasteiger partial charge in [-0.1, -0.05) is 6.92 Å². The summed E-state index contributed by atoms with van der Waals surface area (Å²) in [6, 6.07) is 6.18. The van der Waals surface area contributed by atoms with Gasteiger partial charge in [-0.15, -0.1) is 0 Å². The van der Waals surface area contributed by atoms with E-state index < -0.39 is 0 Å². The average molecular weight is 379 g/mol. The lowest BCUT2D eigenvalue weighted by atomic mass is 9.92. The molecule has 4 rings (SSSR count). The first kappa shape index (κ1) is 18.4. The van der Waals surface area contributed by atoms with Crippen molar-refractivity contribution in [1.82, 2.24) is 4.57 Å². The molecule has 0 N–H and O–H groups in total. The van der Waals surface area contributed by atoms with Gasteiger partial charge in [-0.25, -0.2) is 4.79 Å².